The van der Waals surface area contributed by atoms with Gasteiger partial charge in [0.15, 0.2) is 5.69 Å². The molecular weight excluding hydrogens is 372 g/mol. The molecule has 4 aromatic rings. The Balaban J connectivity index is 1.66. The van der Waals surface area contributed by atoms with Gasteiger partial charge < -0.3 is 5.32 Å². The fraction of sp³-hybridized carbons (Fsp3) is 0.238. The predicted octanol–water partition coefficient (Wildman–Crippen LogP) is 3.59. The van der Waals surface area contributed by atoms with Crippen molar-refractivity contribution in [3.8, 4) is 0 Å². The lowest BCUT2D eigenvalue weighted by molar-refractivity contribution is 0.0945. The molecule has 4 rings (SSSR count). The predicted molar refractivity (Wildman–Crippen MR) is 112 cm³/mol. The van der Waals surface area contributed by atoms with E-state index in [9.17, 15) is 9.59 Å². The molecule has 6 nitrogen and oxygen atoms in total. The molecule has 0 radical (unpaired) electrons. The monoisotopic (exact) mass is 392 g/mol. The van der Waals surface area contributed by atoms with Crippen molar-refractivity contribution < 1.29 is 4.79 Å². The molecule has 0 aliphatic rings. The SMILES string of the molecule is CC(C)Cn1nc(C(=O)NCc2nc3ccccc3s2)c2ccccc2c1=O. The smallest absolute Gasteiger partial charge is 0.274 e. The van der Waals surface area contributed by atoms with Gasteiger partial charge >= 0.3 is 0 Å². The number of thiazole rings is 1. The van der Waals surface area contributed by atoms with Crippen molar-refractivity contribution in [2.75, 3.05) is 0 Å². The maximum atomic E-state index is 12.9. The molecule has 0 saturated heterocycles. The Morgan fingerprint density at radius 1 is 1.11 bits per heavy atom. The molecule has 0 aliphatic heterocycles. The fourth-order valence-electron chi connectivity index (χ4n) is 3.11. The van der Waals surface area contributed by atoms with E-state index in [0.29, 0.717) is 23.9 Å². The van der Waals surface area contributed by atoms with E-state index in [1.807, 2.05) is 38.1 Å². The highest BCUT2D eigenvalue weighted by molar-refractivity contribution is 7.18. The van der Waals surface area contributed by atoms with Gasteiger partial charge in [-0.15, -0.1) is 11.3 Å². The summed E-state index contributed by atoms with van der Waals surface area (Å²) >= 11 is 1.55. The largest absolute Gasteiger partial charge is 0.344 e. The number of carbonyl (C=O) groups is 1. The molecule has 142 valence electrons. The molecule has 2 heterocycles. The van der Waals surface area contributed by atoms with Crippen LogP contribution in [-0.4, -0.2) is 20.7 Å². The van der Waals surface area contributed by atoms with Crippen LogP contribution in [0.4, 0.5) is 0 Å². The highest BCUT2D eigenvalue weighted by Gasteiger charge is 2.17. The van der Waals surface area contributed by atoms with Crippen molar-refractivity contribution in [3.05, 3.63) is 69.6 Å². The second-order valence-corrected chi connectivity index (χ2v) is 8.15. The van der Waals surface area contributed by atoms with Crippen LogP contribution in [0.1, 0.15) is 29.3 Å². The van der Waals surface area contributed by atoms with Crippen LogP contribution < -0.4 is 10.9 Å². The standard InChI is InChI=1S/C21H20N4O2S/c1-13(2)12-25-21(27)15-8-4-3-7-14(15)19(24-25)20(26)22-11-18-23-16-9-5-6-10-17(16)28-18/h3-10,13H,11-12H2,1-2H3,(H,22,26). The molecule has 0 saturated carbocycles. The van der Waals surface area contributed by atoms with Gasteiger partial charge in [-0.05, 0) is 24.1 Å². The van der Waals surface area contributed by atoms with E-state index in [1.165, 1.54) is 4.68 Å². The first-order valence-electron chi connectivity index (χ1n) is 9.15. The third-order valence-electron chi connectivity index (χ3n) is 4.36. The number of hydrogen-bond donors (Lipinski definition) is 1. The highest BCUT2D eigenvalue weighted by atomic mass is 32.1. The molecule has 1 amide bonds. The van der Waals surface area contributed by atoms with Gasteiger partial charge in [0.05, 0.1) is 22.1 Å². The molecule has 0 aliphatic carbocycles. The number of hydrogen-bond acceptors (Lipinski definition) is 5. The lowest BCUT2D eigenvalue weighted by atomic mass is 10.1. The Morgan fingerprint density at radius 3 is 2.57 bits per heavy atom. The summed E-state index contributed by atoms with van der Waals surface area (Å²) in [7, 11) is 0. The van der Waals surface area contributed by atoms with Crippen LogP contribution in [0.5, 0.6) is 0 Å². The number of amides is 1. The highest BCUT2D eigenvalue weighted by Crippen LogP contribution is 2.21. The molecule has 0 atom stereocenters. The number of benzene rings is 2. The molecular formula is C21H20N4O2S. The maximum Gasteiger partial charge on any atom is 0.274 e. The molecule has 0 spiro atoms. The van der Waals surface area contributed by atoms with Gasteiger partial charge in [-0.25, -0.2) is 9.67 Å². The lowest BCUT2D eigenvalue weighted by Gasteiger charge is -2.12. The number of rotatable bonds is 5. The van der Waals surface area contributed by atoms with Crippen molar-refractivity contribution in [2.45, 2.75) is 26.9 Å². The summed E-state index contributed by atoms with van der Waals surface area (Å²) in [5.74, 6) is -0.0713. The zero-order chi connectivity index (χ0) is 19.7. The number of fused-ring (bicyclic) bond motifs is 2. The van der Waals surface area contributed by atoms with Crippen molar-refractivity contribution in [3.63, 3.8) is 0 Å². The van der Waals surface area contributed by atoms with Crippen LogP contribution in [0.2, 0.25) is 0 Å². The summed E-state index contributed by atoms with van der Waals surface area (Å²) in [5.41, 5.74) is 1.01. The van der Waals surface area contributed by atoms with E-state index in [-0.39, 0.29) is 23.1 Å². The van der Waals surface area contributed by atoms with Crippen molar-refractivity contribution >= 4 is 38.2 Å². The van der Waals surface area contributed by atoms with Crippen LogP contribution in [-0.2, 0) is 13.1 Å². The van der Waals surface area contributed by atoms with E-state index < -0.39 is 0 Å². The normalized spacial score (nSPS) is 11.4. The molecule has 0 bridgehead atoms. The first-order valence-corrected chi connectivity index (χ1v) is 9.97. The summed E-state index contributed by atoms with van der Waals surface area (Å²) in [6, 6.07) is 15.0. The summed E-state index contributed by atoms with van der Waals surface area (Å²) in [6.07, 6.45) is 0. The molecule has 1 N–H and O–H groups in total. The average molecular weight is 392 g/mol. The van der Waals surface area contributed by atoms with Crippen LogP contribution in [0.15, 0.2) is 53.3 Å². The van der Waals surface area contributed by atoms with Crippen LogP contribution >= 0.6 is 11.3 Å². The van der Waals surface area contributed by atoms with Gasteiger partial charge in [-0.2, -0.15) is 5.10 Å². The first kappa shape index (κ1) is 18.3. The third-order valence-corrected chi connectivity index (χ3v) is 5.40. The molecule has 2 aromatic heterocycles. The summed E-state index contributed by atoms with van der Waals surface area (Å²) in [6.45, 7) is 4.80. The molecule has 2 aromatic carbocycles. The molecule has 7 heteroatoms. The number of carbonyl (C=O) groups excluding carboxylic acids is 1. The molecule has 28 heavy (non-hydrogen) atoms. The van der Waals surface area contributed by atoms with Gasteiger partial charge in [-0.1, -0.05) is 44.2 Å². The Kier molecular flexibility index (Phi) is 4.92. The van der Waals surface area contributed by atoms with Crippen molar-refractivity contribution in [1.29, 1.82) is 0 Å². The van der Waals surface area contributed by atoms with Gasteiger partial charge in [0.1, 0.15) is 5.01 Å². The van der Waals surface area contributed by atoms with Crippen molar-refractivity contribution in [2.24, 2.45) is 5.92 Å². The number of para-hydroxylation sites is 1. The second-order valence-electron chi connectivity index (χ2n) is 7.03. The van der Waals surface area contributed by atoms with Crippen LogP contribution in [0.25, 0.3) is 21.0 Å². The van der Waals surface area contributed by atoms with Gasteiger partial charge in [0, 0.05) is 11.9 Å². The quantitative estimate of drug-likeness (QED) is 0.563. The van der Waals surface area contributed by atoms with E-state index in [4.69, 9.17) is 0 Å². The number of nitrogens with zero attached hydrogens (tertiary/aromatic N) is 3. The Labute approximate surface area is 165 Å². The first-order chi connectivity index (χ1) is 13.5. The third kappa shape index (κ3) is 3.53. The fourth-order valence-corrected chi connectivity index (χ4v) is 4.01. The zero-order valence-electron chi connectivity index (χ0n) is 15.7. The maximum absolute atomic E-state index is 12.9. The van der Waals surface area contributed by atoms with Crippen molar-refractivity contribution in [1.82, 2.24) is 20.1 Å². The summed E-state index contributed by atoms with van der Waals surface area (Å²) < 4.78 is 2.47. The van der Waals surface area contributed by atoms with E-state index in [0.717, 1.165) is 15.2 Å². The minimum absolute atomic E-state index is 0.174. The minimum atomic E-state index is -0.312. The van der Waals surface area contributed by atoms with Gasteiger partial charge in [0.25, 0.3) is 11.5 Å². The van der Waals surface area contributed by atoms with Crippen LogP contribution in [0.3, 0.4) is 0 Å². The number of nitrogens with one attached hydrogen (secondary N) is 1. The lowest BCUT2D eigenvalue weighted by Crippen LogP contribution is -2.31. The molecule has 0 fully saturated rings. The summed E-state index contributed by atoms with van der Waals surface area (Å²) in [5, 5.41) is 9.17. The van der Waals surface area contributed by atoms with Crippen LogP contribution in [0, 0.1) is 5.92 Å². The van der Waals surface area contributed by atoms with E-state index in [2.05, 4.69) is 15.4 Å². The Bertz CT molecular complexity index is 1190. The topological polar surface area (TPSA) is 76.9 Å². The number of aromatic nitrogens is 3. The Morgan fingerprint density at radius 2 is 1.82 bits per heavy atom. The Hall–Kier alpha value is -3.06. The zero-order valence-corrected chi connectivity index (χ0v) is 16.5. The van der Waals surface area contributed by atoms with Gasteiger partial charge in [0.2, 0.25) is 0 Å². The molecule has 0 unspecified atom stereocenters. The summed E-state index contributed by atoms with van der Waals surface area (Å²) in [4.78, 5) is 30.1. The van der Waals surface area contributed by atoms with E-state index >= 15 is 0 Å². The second kappa shape index (κ2) is 7.52. The average Bonchev–Trinajstić information content (AvgIpc) is 3.11. The van der Waals surface area contributed by atoms with E-state index in [1.54, 1.807) is 35.6 Å². The minimum Gasteiger partial charge on any atom is -0.344 e. The van der Waals surface area contributed by atoms with Gasteiger partial charge in [-0.3, -0.25) is 9.59 Å².